The summed E-state index contributed by atoms with van der Waals surface area (Å²) in [6.07, 6.45) is 0.134. The molecule has 11 heavy (non-hydrogen) atoms. The molecule has 1 fully saturated rings. The van der Waals surface area contributed by atoms with Gasteiger partial charge in [-0.05, 0) is 0 Å². The maximum Gasteiger partial charge on any atom is 0.306 e. The molecule has 1 heterocycles. The zero-order valence-corrected chi connectivity index (χ0v) is 6.41. The largest absolute Gasteiger partial charge is 0.481 e. The summed E-state index contributed by atoms with van der Waals surface area (Å²) in [5.74, 6) is -1.50. The van der Waals surface area contributed by atoms with E-state index in [-0.39, 0.29) is 12.3 Å². The molecule has 0 radical (unpaired) electrons. The first kappa shape index (κ1) is 8.04. The minimum atomic E-state index is -0.903. The van der Waals surface area contributed by atoms with Crippen molar-refractivity contribution in [1.82, 2.24) is 4.90 Å². The Labute approximate surface area is 64.8 Å². The number of nitrogens with zero attached hydrogens (tertiary/aromatic N) is 1. The third-order valence-corrected chi connectivity index (χ3v) is 1.70. The van der Waals surface area contributed by atoms with Gasteiger partial charge in [-0.2, -0.15) is 0 Å². The van der Waals surface area contributed by atoms with Crippen molar-refractivity contribution in [1.29, 1.82) is 0 Å². The van der Waals surface area contributed by atoms with Crippen LogP contribution in [-0.2, 0) is 9.59 Å². The second-order valence-corrected chi connectivity index (χ2v) is 2.82. The van der Waals surface area contributed by atoms with Gasteiger partial charge in [-0.15, -0.1) is 0 Å². The van der Waals surface area contributed by atoms with Crippen molar-refractivity contribution in [2.75, 3.05) is 13.1 Å². The van der Waals surface area contributed by atoms with E-state index in [1.54, 1.807) is 11.8 Å². The van der Waals surface area contributed by atoms with E-state index in [0.717, 1.165) is 13.1 Å². The molecule has 0 saturated carbocycles. The van der Waals surface area contributed by atoms with E-state index in [0.29, 0.717) is 0 Å². The molecule has 0 bridgehead atoms. The number of carbonyl (C=O) groups excluding carboxylic acids is 1. The second kappa shape index (κ2) is 2.90. The first-order valence-corrected chi connectivity index (χ1v) is 3.62. The number of carbonyl (C=O) groups is 2. The van der Waals surface area contributed by atoms with Gasteiger partial charge in [0.15, 0.2) is 0 Å². The maximum absolute atomic E-state index is 11.0. The fraction of sp³-hybridized carbons (Fsp3) is 0.714. The second-order valence-electron chi connectivity index (χ2n) is 2.82. The molecule has 0 aromatic rings. The fourth-order valence-electron chi connectivity index (χ4n) is 0.778. The molecule has 1 unspecified atom stereocenters. The van der Waals surface area contributed by atoms with Crippen molar-refractivity contribution < 1.29 is 14.7 Å². The zero-order valence-electron chi connectivity index (χ0n) is 6.41. The van der Waals surface area contributed by atoms with Gasteiger partial charge < -0.3 is 10.0 Å². The zero-order chi connectivity index (χ0) is 8.43. The smallest absolute Gasteiger partial charge is 0.306 e. The standard InChI is InChI=1S/C7H11NO3/c1-5(7(10)11)4-6(9)8-2-3-8/h5H,2-4H2,1H3,(H,10,11). The lowest BCUT2D eigenvalue weighted by Crippen LogP contribution is -2.19. The predicted molar refractivity (Wildman–Crippen MR) is 38.0 cm³/mol. The number of hydrogen-bond acceptors (Lipinski definition) is 2. The summed E-state index contributed by atoms with van der Waals surface area (Å²) in [6.45, 7) is 3.14. The van der Waals surface area contributed by atoms with Crippen LogP contribution in [0.15, 0.2) is 0 Å². The van der Waals surface area contributed by atoms with Gasteiger partial charge in [0.05, 0.1) is 5.92 Å². The Hall–Kier alpha value is -1.06. The summed E-state index contributed by atoms with van der Waals surface area (Å²) >= 11 is 0. The van der Waals surface area contributed by atoms with E-state index in [4.69, 9.17) is 5.11 Å². The molecular formula is C7H11NO3. The number of amides is 1. The van der Waals surface area contributed by atoms with Gasteiger partial charge in [0.25, 0.3) is 0 Å². The van der Waals surface area contributed by atoms with Crippen LogP contribution in [0, 0.1) is 5.92 Å². The van der Waals surface area contributed by atoms with Crippen molar-refractivity contribution in [3.8, 4) is 0 Å². The Morgan fingerprint density at radius 1 is 1.55 bits per heavy atom. The quantitative estimate of drug-likeness (QED) is 0.584. The Kier molecular flexibility index (Phi) is 2.12. The summed E-state index contributed by atoms with van der Waals surface area (Å²) in [7, 11) is 0. The van der Waals surface area contributed by atoms with Gasteiger partial charge in [-0.1, -0.05) is 6.92 Å². The lowest BCUT2D eigenvalue weighted by Gasteiger charge is -2.04. The first-order valence-electron chi connectivity index (χ1n) is 3.62. The SMILES string of the molecule is CC(CC(=O)N1CC1)C(=O)O. The molecule has 4 heteroatoms. The van der Waals surface area contributed by atoms with Crippen LogP contribution in [0.3, 0.4) is 0 Å². The molecule has 1 atom stereocenters. The lowest BCUT2D eigenvalue weighted by molar-refractivity contribution is -0.144. The minimum Gasteiger partial charge on any atom is -0.481 e. The molecule has 1 rings (SSSR count). The van der Waals surface area contributed by atoms with Crippen LogP contribution < -0.4 is 0 Å². The first-order chi connectivity index (χ1) is 5.11. The van der Waals surface area contributed by atoms with Crippen molar-refractivity contribution in [3.05, 3.63) is 0 Å². The van der Waals surface area contributed by atoms with Crippen LogP contribution in [0.5, 0.6) is 0 Å². The predicted octanol–water partition coefficient (Wildman–Crippen LogP) is -0.0606. The van der Waals surface area contributed by atoms with E-state index in [1.165, 1.54) is 0 Å². The van der Waals surface area contributed by atoms with Gasteiger partial charge in [-0.25, -0.2) is 0 Å². The van der Waals surface area contributed by atoms with Crippen LogP contribution >= 0.6 is 0 Å². The summed E-state index contributed by atoms with van der Waals surface area (Å²) in [6, 6.07) is 0. The van der Waals surface area contributed by atoms with E-state index in [2.05, 4.69) is 0 Å². The van der Waals surface area contributed by atoms with E-state index in [9.17, 15) is 9.59 Å². The fourth-order valence-corrected chi connectivity index (χ4v) is 0.778. The molecule has 0 aromatic heterocycles. The van der Waals surface area contributed by atoms with Gasteiger partial charge in [0.1, 0.15) is 0 Å². The highest BCUT2D eigenvalue weighted by Crippen LogP contribution is 2.11. The Bertz CT molecular complexity index is 186. The molecular weight excluding hydrogens is 146 g/mol. The van der Waals surface area contributed by atoms with Gasteiger partial charge in [0, 0.05) is 19.5 Å². The monoisotopic (exact) mass is 157 g/mol. The highest BCUT2D eigenvalue weighted by molar-refractivity contribution is 5.83. The average Bonchev–Trinajstić information content (AvgIpc) is 2.67. The molecule has 1 aliphatic rings. The Morgan fingerprint density at radius 2 is 2.09 bits per heavy atom. The Balaban J connectivity index is 2.28. The number of rotatable bonds is 3. The van der Waals surface area contributed by atoms with Crippen molar-refractivity contribution in [2.45, 2.75) is 13.3 Å². The molecule has 0 aromatic carbocycles. The molecule has 0 aliphatic carbocycles. The van der Waals surface area contributed by atoms with Gasteiger partial charge in [-0.3, -0.25) is 9.59 Å². The molecule has 62 valence electrons. The van der Waals surface area contributed by atoms with Crippen LogP contribution in [0.1, 0.15) is 13.3 Å². The van der Waals surface area contributed by atoms with Crippen molar-refractivity contribution >= 4 is 11.9 Å². The van der Waals surface area contributed by atoms with E-state index >= 15 is 0 Å². The van der Waals surface area contributed by atoms with E-state index < -0.39 is 11.9 Å². The lowest BCUT2D eigenvalue weighted by atomic mass is 10.1. The number of hydrogen-bond donors (Lipinski definition) is 1. The molecule has 1 aliphatic heterocycles. The molecule has 0 spiro atoms. The highest BCUT2D eigenvalue weighted by atomic mass is 16.4. The van der Waals surface area contributed by atoms with Gasteiger partial charge >= 0.3 is 5.97 Å². The third-order valence-electron chi connectivity index (χ3n) is 1.70. The molecule has 1 amide bonds. The van der Waals surface area contributed by atoms with Crippen molar-refractivity contribution in [3.63, 3.8) is 0 Å². The summed E-state index contributed by atoms with van der Waals surface area (Å²) < 4.78 is 0. The Morgan fingerprint density at radius 3 is 2.45 bits per heavy atom. The van der Waals surface area contributed by atoms with Crippen molar-refractivity contribution in [2.24, 2.45) is 5.92 Å². The molecule has 1 N–H and O–H groups in total. The number of carboxylic acids is 1. The average molecular weight is 157 g/mol. The number of carboxylic acid groups (broad SMARTS) is 1. The highest BCUT2D eigenvalue weighted by Gasteiger charge is 2.26. The van der Waals surface area contributed by atoms with Crippen LogP contribution in [0.25, 0.3) is 0 Å². The maximum atomic E-state index is 11.0. The summed E-state index contributed by atoms with van der Waals surface area (Å²) in [5.41, 5.74) is 0. The summed E-state index contributed by atoms with van der Waals surface area (Å²) in [4.78, 5) is 22.9. The van der Waals surface area contributed by atoms with Crippen LogP contribution in [0.2, 0.25) is 0 Å². The number of aliphatic carboxylic acids is 1. The topological polar surface area (TPSA) is 57.4 Å². The third kappa shape index (κ3) is 2.22. The van der Waals surface area contributed by atoms with Crippen LogP contribution in [-0.4, -0.2) is 35.0 Å². The molecule has 1 saturated heterocycles. The minimum absolute atomic E-state index is 0.0418. The van der Waals surface area contributed by atoms with E-state index in [1.807, 2.05) is 0 Å². The molecule has 4 nitrogen and oxygen atoms in total. The normalized spacial score (nSPS) is 17.7. The summed E-state index contributed by atoms with van der Waals surface area (Å²) in [5, 5.41) is 8.46. The van der Waals surface area contributed by atoms with Crippen LogP contribution in [0.4, 0.5) is 0 Å². The van der Waals surface area contributed by atoms with Gasteiger partial charge in [0.2, 0.25) is 5.91 Å².